The average molecular weight is 378 g/mol. The fraction of sp³-hybridized carbons (Fsp3) is 0.588. The standard InChI is InChI=1S/C17H27N3O2.2ClH/c1-3-12-20(14-8-10-18-11-9-14)17(21)13-19-15-6-4-5-7-16(15)22-2;;/h4-7,14,18-19H,3,8-13H2,1-2H3;2*1H. The fourth-order valence-electron chi connectivity index (χ4n) is 2.93. The lowest BCUT2D eigenvalue weighted by molar-refractivity contribution is -0.132. The van der Waals surface area contributed by atoms with Crippen LogP contribution < -0.4 is 15.4 Å². The number of carbonyl (C=O) groups is 1. The van der Waals surface area contributed by atoms with Crippen molar-refractivity contribution < 1.29 is 9.53 Å². The Morgan fingerprint density at radius 2 is 1.96 bits per heavy atom. The molecule has 0 spiro atoms. The van der Waals surface area contributed by atoms with Gasteiger partial charge in [-0.1, -0.05) is 19.1 Å². The van der Waals surface area contributed by atoms with Crippen LogP contribution in [0.3, 0.4) is 0 Å². The lowest BCUT2D eigenvalue weighted by Crippen LogP contribution is -2.48. The van der Waals surface area contributed by atoms with E-state index in [9.17, 15) is 4.79 Å². The number of carbonyl (C=O) groups excluding carboxylic acids is 1. The zero-order chi connectivity index (χ0) is 15.8. The van der Waals surface area contributed by atoms with E-state index in [1.165, 1.54) is 0 Å². The molecule has 2 N–H and O–H groups in total. The van der Waals surface area contributed by atoms with Crippen LogP contribution >= 0.6 is 24.8 Å². The molecule has 0 saturated carbocycles. The average Bonchev–Trinajstić information content (AvgIpc) is 2.58. The van der Waals surface area contributed by atoms with Gasteiger partial charge in [-0.15, -0.1) is 24.8 Å². The van der Waals surface area contributed by atoms with Gasteiger partial charge in [0.1, 0.15) is 5.75 Å². The number of hydrogen-bond acceptors (Lipinski definition) is 4. The highest BCUT2D eigenvalue weighted by molar-refractivity contribution is 5.85. The van der Waals surface area contributed by atoms with Crippen LogP contribution in [0.5, 0.6) is 5.75 Å². The van der Waals surface area contributed by atoms with E-state index in [4.69, 9.17) is 4.74 Å². The van der Waals surface area contributed by atoms with Crippen molar-refractivity contribution in [3.63, 3.8) is 0 Å². The van der Waals surface area contributed by atoms with E-state index in [1.807, 2.05) is 29.2 Å². The first-order valence-electron chi connectivity index (χ1n) is 8.13. The summed E-state index contributed by atoms with van der Waals surface area (Å²) >= 11 is 0. The fourth-order valence-corrected chi connectivity index (χ4v) is 2.93. The lowest BCUT2D eigenvalue weighted by Gasteiger charge is -2.34. The van der Waals surface area contributed by atoms with Crippen molar-refractivity contribution in [2.75, 3.05) is 38.6 Å². The lowest BCUT2D eigenvalue weighted by atomic mass is 10.0. The topological polar surface area (TPSA) is 53.6 Å². The molecular weight excluding hydrogens is 349 g/mol. The number of methoxy groups -OCH3 is 1. The molecular formula is C17H29Cl2N3O2. The molecule has 0 unspecified atom stereocenters. The van der Waals surface area contributed by atoms with Crippen molar-refractivity contribution in [2.45, 2.75) is 32.2 Å². The smallest absolute Gasteiger partial charge is 0.242 e. The van der Waals surface area contributed by atoms with Crippen molar-refractivity contribution in [3.05, 3.63) is 24.3 Å². The number of piperidine rings is 1. The quantitative estimate of drug-likeness (QED) is 0.766. The van der Waals surface area contributed by atoms with Gasteiger partial charge < -0.3 is 20.3 Å². The van der Waals surface area contributed by atoms with Gasteiger partial charge in [-0.3, -0.25) is 4.79 Å². The van der Waals surface area contributed by atoms with Crippen molar-refractivity contribution in [2.24, 2.45) is 0 Å². The summed E-state index contributed by atoms with van der Waals surface area (Å²) in [7, 11) is 1.64. The maximum Gasteiger partial charge on any atom is 0.242 e. The number of anilines is 1. The van der Waals surface area contributed by atoms with Crippen molar-refractivity contribution in [1.29, 1.82) is 0 Å². The number of para-hydroxylation sites is 2. The highest BCUT2D eigenvalue weighted by Gasteiger charge is 2.24. The van der Waals surface area contributed by atoms with E-state index in [-0.39, 0.29) is 30.7 Å². The Bertz CT molecular complexity index is 483. The first kappa shape index (κ1) is 22.8. The third-order valence-electron chi connectivity index (χ3n) is 4.07. The zero-order valence-electron chi connectivity index (χ0n) is 14.4. The molecule has 1 fully saturated rings. The molecule has 1 aliphatic heterocycles. The summed E-state index contributed by atoms with van der Waals surface area (Å²) in [6.45, 7) is 5.26. The van der Waals surface area contributed by atoms with Gasteiger partial charge in [-0.2, -0.15) is 0 Å². The third-order valence-corrected chi connectivity index (χ3v) is 4.07. The van der Waals surface area contributed by atoms with E-state index in [0.717, 1.165) is 50.3 Å². The molecule has 0 aromatic heterocycles. The van der Waals surface area contributed by atoms with Crippen LogP contribution in [0.1, 0.15) is 26.2 Å². The van der Waals surface area contributed by atoms with E-state index in [2.05, 4.69) is 17.6 Å². The van der Waals surface area contributed by atoms with Gasteiger partial charge in [0.15, 0.2) is 0 Å². The largest absolute Gasteiger partial charge is 0.495 e. The number of nitrogens with one attached hydrogen (secondary N) is 2. The molecule has 1 aromatic rings. The summed E-state index contributed by atoms with van der Waals surface area (Å²) in [4.78, 5) is 14.7. The number of benzene rings is 1. The minimum absolute atomic E-state index is 0. The molecule has 1 aromatic carbocycles. The van der Waals surface area contributed by atoms with Gasteiger partial charge in [-0.05, 0) is 44.5 Å². The molecule has 2 rings (SSSR count). The van der Waals surface area contributed by atoms with Crippen LogP contribution in [0.15, 0.2) is 24.3 Å². The molecule has 0 aliphatic carbocycles. The van der Waals surface area contributed by atoms with Gasteiger partial charge in [0.2, 0.25) is 5.91 Å². The van der Waals surface area contributed by atoms with Gasteiger partial charge in [0.25, 0.3) is 0 Å². The molecule has 5 nitrogen and oxygen atoms in total. The Morgan fingerprint density at radius 1 is 1.29 bits per heavy atom. The van der Waals surface area contributed by atoms with Crippen LogP contribution in [-0.4, -0.2) is 50.1 Å². The molecule has 1 aliphatic rings. The van der Waals surface area contributed by atoms with Gasteiger partial charge >= 0.3 is 0 Å². The molecule has 7 heteroatoms. The molecule has 0 atom stereocenters. The first-order valence-corrected chi connectivity index (χ1v) is 8.13. The van der Waals surface area contributed by atoms with Gasteiger partial charge in [0, 0.05) is 12.6 Å². The molecule has 0 radical (unpaired) electrons. The molecule has 1 saturated heterocycles. The first-order chi connectivity index (χ1) is 10.8. The number of nitrogens with zero attached hydrogens (tertiary/aromatic N) is 1. The van der Waals surface area contributed by atoms with Crippen molar-refractivity contribution >= 4 is 36.4 Å². The monoisotopic (exact) mass is 377 g/mol. The Labute approximate surface area is 157 Å². The van der Waals surface area contributed by atoms with Crippen molar-refractivity contribution in [1.82, 2.24) is 10.2 Å². The van der Waals surface area contributed by atoms with Gasteiger partial charge in [-0.25, -0.2) is 0 Å². The summed E-state index contributed by atoms with van der Waals surface area (Å²) in [5.74, 6) is 0.930. The summed E-state index contributed by atoms with van der Waals surface area (Å²) < 4.78 is 5.31. The Morgan fingerprint density at radius 3 is 2.58 bits per heavy atom. The van der Waals surface area contributed by atoms with E-state index >= 15 is 0 Å². The maximum absolute atomic E-state index is 12.6. The van der Waals surface area contributed by atoms with Crippen molar-refractivity contribution in [3.8, 4) is 5.75 Å². The summed E-state index contributed by atoms with van der Waals surface area (Å²) in [6.07, 6.45) is 3.07. The molecule has 24 heavy (non-hydrogen) atoms. The van der Waals surface area contributed by atoms with Crippen LogP contribution in [0.25, 0.3) is 0 Å². The van der Waals surface area contributed by atoms with E-state index < -0.39 is 0 Å². The maximum atomic E-state index is 12.6. The molecule has 1 heterocycles. The number of halogens is 2. The van der Waals surface area contributed by atoms with E-state index in [1.54, 1.807) is 7.11 Å². The van der Waals surface area contributed by atoms with Gasteiger partial charge in [0.05, 0.1) is 19.3 Å². The number of amides is 1. The zero-order valence-corrected chi connectivity index (χ0v) is 16.0. The minimum atomic E-state index is 0. The van der Waals surface area contributed by atoms with Crippen LogP contribution in [0.4, 0.5) is 5.69 Å². The summed E-state index contributed by atoms with van der Waals surface area (Å²) in [5, 5.41) is 6.56. The predicted octanol–water partition coefficient (Wildman–Crippen LogP) is 2.94. The van der Waals surface area contributed by atoms with E-state index in [0.29, 0.717) is 12.6 Å². The normalized spacial score (nSPS) is 14.1. The third kappa shape index (κ3) is 6.38. The highest BCUT2D eigenvalue weighted by Crippen LogP contribution is 2.23. The second-order valence-corrected chi connectivity index (χ2v) is 5.62. The summed E-state index contributed by atoms with van der Waals surface area (Å²) in [5.41, 5.74) is 0.861. The summed E-state index contributed by atoms with van der Waals surface area (Å²) in [6, 6.07) is 8.05. The number of hydrogen-bond donors (Lipinski definition) is 2. The highest BCUT2D eigenvalue weighted by atomic mass is 35.5. The second-order valence-electron chi connectivity index (χ2n) is 5.62. The Kier molecular flexibility index (Phi) is 11.6. The second kappa shape index (κ2) is 12.2. The van der Waals surface area contributed by atoms with Crippen LogP contribution in [0.2, 0.25) is 0 Å². The predicted molar refractivity (Wildman–Crippen MR) is 104 cm³/mol. The SMILES string of the molecule is CCCN(C(=O)CNc1ccccc1OC)C1CCNCC1.Cl.Cl. The Hall–Kier alpha value is -1.17. The molecule has 0 bridgehead atoms. The Balaban J connectivity index is 0.00000264. The van der Waals surface area contributed by atoms with Crippen LogP contribution in [0, 0.1) is 0 Å². The minimum Gasteiger partial charge on any atom is -0.495 e. The molecule has 138 valence electrons. The molecule has 1 amide bonds. The number of ether oxygens (including phenoxy) is 1. The van der Waals surface area contributed by atoms with Crippen LogP contribution in [-0.2, 0) is 4.79 Å². The number of rotatable bonds is 7.